The van der Waals surface area contributed by atoms with Gasteiger partial charge in [-0.1, -0.05) is 12.1 Å². The van der Waals surface area contributed by atoms with Gasteiger partial charge in [0.2, 0.25) is 0 Å². The molecule has 0 saturated carbocycles. The Kier molecular flexibility index (Phi) is 3.94. The molecule has 1 aliphatic heterocycles. The summed E-state index contributed by atoms with van der Waals surface area (Å²) >= 11 is 7.29. The molecule has 0 spiro atoms. The van der Waals surface area contributed by atoms with Crippen molar-refractivity contribution in [1.82, 2.24) is 14.9 Å². The van der Waals surface area contributed by atoms with Gasteiger partial charge >= 0.3 is 0 Å². The molecule has 4 nitrogen and oxygen atoms in total. The van der Waals surface area contributed by atoms with Gasteiger partial charge in [0.25, 0.3) is 0 Å². The first-order valence-corrected chi connectivity index (χ1v) is 10.2. The van der Waals surface area contributed by atoms with E-state index in [4.69, 9.17) is 22.2 Å². The van der Waals surface area contributed by atoms with E-state index in [2.05, 4.69) is 28.4 Å². The van der Waals surface area contributed by atoms with Crippen LogP contribution >= 0.6 is 23.6 Å². The van der Waals surface area contributed by atoms with Gasteiger partial charge < -0.3 is 10.2 Å². The maximum absolute atomic E-state index is 5.61. The topological polar surface area (TPSA) is 41.1 Å². The van der Waals surface area contributed by atoms with Gasteiger partial charge in [-0.05, 0) is 61.8 Å². The molecule has 0 amide bonds. The second-order valence-corrected chi connectivity index (χ2v) is 8.07. The molecule has 2 aromatic heterocycles. The third-order valence-corrected chi connectivity index (χ3v) is 6.29. The molecule has 0 aliphatic carbocycles. The Bertz CT molecular complexity index is 1130. The molecule has 1 fully saturated rings. The molecule has 6 heteroatoms. The van der Waals surface area contributed by atoms with E-state index < -0.39 is 0 Å². The lowest BCUT2D eigenvalue weighted by Gasteiger charge is -2.29. The normalized spacial score (nSPS) is 15.0. The Balaban J connectivity index is 1.54. The number of hydrogen-bond donors (Lipinski definition) is 1. The van der Waals surface area contributed by atoms with Crippen molar-refractivity contribution in [2.75, 3.05) is 18.4 Å². The number of hydrogen-bond acceptors (Lipinski definition) is 4. The average molecular weight is 379 g/mol. The van der Waals surface area contributed by atoms with Crippen molar-refractivity contribution >= 4 is 65.8 Å². The molecule has 3 heterocycles. The molecule has 130 valence electrons. The highest BCUT2D eigenvalue weighted by molar-refractivity contribution is 7.80. The van der Waals surface area contributed by atoms with Crippen LogP contribution in [0.2, 0.25) is 0 Å². The van der Waals surface area contributed by atoms with Crippen LogP contribution in [0.5, 0.6) is 0 Å². The second-order valence-electron chi connectivity index (χ2n) is 6.66. The molecule has 0 unspecified atom stereocenters. The lowest BCUT2D eigenvalue weighted by Crippen LogP contribution is -2.38. The Morgan fingerprint density at radius 3 is 2.58 bits per heavy atom. The summed E-state index contributed by atoms with van der Waals surface area (Å²) in [6.07, 6.45) is 3.75. The molecular weight excluding hydrogens is 360 g/mol. The first kappa shape index (κ1) is 15.9. The smallest absolute Gasteiger partial charge is 0.173 e. The van der Waals surface area contributed by atoms with Crippen LogP contribution in [0.1, 0.15) is 19.3 Å². The highest BCUT2D eigenvalue weighted by atomic mass is 32.1. The highest BCUT2D eigenvalue weighted by Gasteiger charge is 2.14. The van der Waals surface area contributed by atoms with E-state index in [1.165, 1.54) is 24.0 Å². The molecule has 2 aromatic carbocycles. The number of rotatable bonds is 1. The SMILES string of the molecule is S=C(Nc1ccc2sc3nc4ccccc4nc3c2c1)N1CCCCC1. The summed E-state index contributed by atoms with van der Waals surface area (Å²) in [6.45, 7) is 2.10. The molecule has 4 aromatic rings. The Hall–Kier alpha value is -2.31. The van der Waals surface area contributed by atoms with Gasteiger partial charge in [-0.2, -0.15) is 0 Å². The van der Waals surface area contributed by atoms with E-state index in [9.17, 15) is 0 Å². The third kappa shape index (κ3) is 2.79. The largest absolute Gasteiger partial charge is 0.349 e. The summed E-state index contributed by atoms with van der Waals surface area (Å²) in [5.41, 5.74) is 3.86. The predicted octanol–water partition coefficient (Wildman–Crippen LogP) is 5.18. The number of thiocarbonyl (C=S) groups is 1. The monoisotopic (exact) mass is 378 g/mol. The van der Waals surface area contributed by atoms with Crippen LogP contribution in [0.3, 0.4) is 0 Å². The van der Waals surface area contributed by atoms with E-state index in [1.807, 2.05) is 24.3 Å². The molecule has 1 aliphatic rings. The maximum atomic E-state index is 5.61. The van der Waals surface area contributed by atoms with Gasteiger partial charge in [-0.15, -0.1) is 11.3 Å². The van der Waals surface area contributed by atoms with E-state index >= 15 is 0 Å². The number of nitrogens with zero attached hydrogens (tertiary/aromatic N) is 3. The molecule has 1 N–H and O–H groups in total. The number of likely N-dealkylation sites (tertiary alicyclic amines) is 1. The molecule has 0 radical (unpaired) electrons. The van der Waals surface area contributed by atoms with Gasteiger partial charge in [-0.25, -0.2) is 9.97 Å². The first-order valence-electron chi connectivity index (χ1n) is 8.93. The minimum atomic E-state index is 0.820. The van der Waals surface area contributed by atoms with Crippen LogP contribution in [0.15, 0.2) is 42.5 Å². The molecule has 0 bridgehead atoms. The van der Waals surface area contributed by atoms with Crippen molar-refractivity contribution in [2.45, 2.75) is 19.3 Å². The molecule has 1 saturated heterocycles. The minimum absolute atomic E-state index is 0.820. The Morgan fingerprint density at radius 1 is 1.00 bits per heavy atom. The fourth-order valence-corrected chi connectivity index (χ4v) is 4.82. The van der Waals surface area contributed by atoms with Crippen LogP contribution in [0, 0.1) is 0 Å². The van der Waals surface area contributed by atoms with E-state index in [0.717, 1.165) is 50.7 Å². The quantitative estimate of drug-likeness (QED) is 0.462. The van der Waals surface area contributed by atoms with Gasteiger partial charge in [0, 0.05) is 28.9 Å². The number of nitrogens with one attached hydrogen (secondary N) is 1. The summed E-state index contributed by atoms with van der Waals surface area (Å²) < 4.78 is 1.20. The molecular formula is C20H18N4S2. The number of thiophene rings is 1. The zero-order chi connectivity index (χ0) is 17.5. The third-order valence-electron chi connectivity index (χ3n) is 4.87. The van der Waals surface area contributed by atoms with Crippen LogP contribution in [0.4, 0.5) is 5.69 Å². The van der Waals surface area contributed by atoms with Crippen molar-refractivity contribution in [3.8, 4) is 0 Å². The van der Waals surface area contributed by atoms with Gasteiger partial charge in [0.05, 0.1) is 11.0 Å². The lowest BCUT2D eigenvalue weighted by atomic mass is 10.1. The standard InChI is InChI=1S/C20H18N4S2/c25-20(24-10-4-1-5-11-24)21-13-8-9-17-14(12-13)18-19(26-17)23-16-7-3-2-6-15(16)22-18/h2-3,6-9,12H,1,4-5,10-11H2,(H,21,25). The number of fused-ring (bicyclic) bond motifs is 4. The molecule has 26 heavy (non-hydrogen) atoms. The molecule has 5 rings (SSSR count). The Morgan fingerprint density at radius 2 is 1.77 bits per heavy atom. The zero-order valence-corrected chi connectivity index (χ0v) is 15.9. The lowest BCUT2D eigenvalue weighted by molar-refractivity contribution is 0.346. The number of benzene rings is 2. The fourth-order valence-electron chi connectivity index (χ4n) is 3.52. The summed E-state index contributed by atoms with van der Waals surface area (Å²) in [5.74, 6) is 0. The number of aromatic nitrogens is 2. The predicted molar refractivity (Wildman–Crippen MR) is 114 cm³/mol. The summed E-state index contributed by atoms with van der Waals surface area (Å²) in [5, 5.41) is 5.36. The van der Waals surface area contributed by atoms with Crippen LogP contribution in [-0.4, -0.2) is 33.1 Å². The molecule has 0 atom stereocenters. The summed E-state index contributed by atoms with van der Waals surface area (Å²) in [6, 6.07) is 14.4. The maximum Gasteiger partial charge on any atom is 0.173 e. The van der Waals surface area contributed by atoms with Gasteiger partial charge in [0.15, 0.2) is 5.11 Å². The van der Waals surface area contributed by atoms with E-state index in [-0.39, 0.29) is 0 Å². The van der Waals surface area contributed by atoms with E-state index in [1.54, 1.807) is 11.3 Å². The fraction of sp³-hybridized carbons (Fsp3) is 0.250. The van der Waals surface area contributed by atoms with Crippen LogP contribution in [0.25, 0.3) is 31.5 Å². The first-order chi connectivity index (χ1) is 12.8. The second kappa shape index (κ2) is 6.45. The van der Waals surface area contributed by atoms with Crippen molar-refractivity contribution < 1.29 is 0 Å². The zero-order valence-electron chi connectivity index (χ0n) is 14.2. The Labute approximate surface area is 160 Å². The van der Waals surface area contributed by atoms with Crippen molar-refractivity contribution in [3.63, 3.8) is 0 Å². The highest BCUT2D eigenvalue weighted by Crippen LogP contribution is 2.34. The van der Waals surface area contributed by atoms with Gasteiger partial charge in [-0.3, -0.25) is 0 Å². The number of anilines is 1. The van der Waals surface area contributed by atoms with Gasteiger partial charge in [0.1, 0.15) is 10.3 Å². The number of piperidine rings is 1. The van der Waals surface area contributed by atoms with Crippen LogP contribution < -0.4 is 5.32 Å². The van der Waals surface area contributed by atoms with Crippen molar-refractivity contribution in [2.24, 2.45) is 0 Å². The van der Waals surface area contributed by atoms with Crippen molar-refractivity contribution in [3.05, 3.63) is 42.5 Å². The minimum Gasteiger partial charge on any atom is -0.349 e. The van der Waals surface area contributed by atoms with E-state index in [0.29, 0.717) is 0 Å². The summed E-state index contributed by atoms with van der Waals surface area (Å²) in [4.78, 5) is 12.9. The number of para-hydroxylation sites is 2. The van der Waals surface area contributed by atoms with Crippen LogP contribution in [-0.2, 0) is 0 Å². The van der Waals surface area contributed by atoms with Crippen molar-refractivity contribution in [1.29, 1.82) is 0 Å². The summed E-state index contributed by atoms with van der Waals surface area (Å²) in [7, 11) is 0. The average Bonchev–Trinajstić information content (AvgIpc) is 3.03.